The molecule has 1 aliphatic heterocycles. The van der Waals surface area contributed by atoms with Crippen molar-refractivity contribution in [2.45, 2.75) is 20.0 Å². The lowest BCUT2D eigenvalue weighted by molar-refractivity contribution is -0.120. The summed E-state index contributed by atoms with van der Waals surface area (Å²) >= 11 is 0. The molecular formula is C25H20F2N2O3. The molecule has 32 heavy (non-hydrogen) atoms. The van der Waals surface area contributed by atoms with Crippen LogP contribution in [0.25, 0.3) is 5.57 Å². The van der Waals surface area contributed by atoms with Crippen LogP contribution in [0, 0.1) is 11.6 Å². The standard InChI is InChI=1S/C25H20F2N2O3/c1-15(2)32-21-13-3-16(4-14-21)22-23(28-19-9-5-17(26)6-10-19)25(31)29(24(22)30)20-11-7-18(27)8-12-20/h3-15,28H,1-2H3. The summed E-state index contributed by atoms with van der Waals surface area (Å²) in [6, 6.07) is 17.4. The molecular weight excluding hydrogens is 414 g/mol. The first-order valence-electron chi connectivity index (χ1n) is 10.0. The number of carbonyl (C=O) groups is 2. The van der Waals surface area contributed by atoms with Gasteiger partial charge in [-0.3, -0.25) is 9.59 Å². The maximum Gasteiger partial charge on any atom is 0.282 e. The van der Waals surface area contributed by atoms with Crippen molar-refractivity contribution >= 4 is 28.8 Å². The third-order valence-electron chi connectivity index (χ3n) is 4.80. The Labute approximate surface area is 183 Å². The molecule has 162 valence electrons. The van der Waals surface area contributed by atoms with Gasteiger partial charge in [-0.15, -0.1) is 0 Å². The first-order chi connectivity index (χ1) is 15.3. The van der Waals surface area contributed by atoms with Gasteiger partial charge in [0.2, 0.25) is 0 Å². The van der Waals surface area contributed by atoms with Gasteiger partial charge >= 0.3 is 0 Å². The van der Waals surface area contributed by atoms with Crippen molar-refractivity contribution in [3.05, 3.63) is 95.7 Å². The van der Waals surface area contributed by atoms with Crippen LogP contribution in [0.5, 0.6) is 5.75 Å². The lowest BCUT2D eigenvalue weighted by atomic mass is 10.0. The Morgan fingerprint density at radius 3 is 1.91 bits per heavy atom. The number of nitrogens with one attached hydrogen (secondary N) is 1. The van der Waals surface area contributed by atoms with Crippen LogP contribution in [0.15, 0.2) is 78.5 Å². The number of amides is 2. The molecule has 0 aromatic heterocycles. The third kappa shape index (κ3) is 4.23. The highest BCUT2D eigenvalue weighted by atomic mass is 19.1. The summed E-state index contributed by atoms with van der Waals surface area (Å²) in [5, 5.41) is 2.95. The van der Waals surface area contributed by atoms with Crippen molar-refractivity contribution in [1.29, 1.82) is 0 Å². The molecule has 3 aromatic carbocycles. The van der Waals surface area contributed by atoms with E-state index >= 15 is 0 Å². The number of hydrogen-bond acceptors (Lipinski definition) is 4. The summed E-state index contributed by atoms with van der Waals surface area (Å²) in [5.41, 5.74) is 1.40. The fourth-order valence-corrected chi connectivity index (χ4v) is 3.39. The van der Waals surface area contributed by atoms with Crippen molar-refractivity contribution < 1.29 is 23.1 Å². The number of carbonyl (C=O) groups excluding carboxylic acids is 2. The first-order valence-corrected chi connectivity index (χ1v) is 10.0. The SMILES string of the molecule is CC(C)Oc1ccc(C2=C(Nc3ccc(F)cc3)C(=O)N(c3ccc(F)cc3)C2=O)cc1. The van der Waals surface area contributed by atoms with E-state index in [1.165, 1.54) is 48.5 Å². The highest BCUT2D eigenvalue weighted by Gasteiger charge is 2.40. The second-order valence-electron chi connectivity index (χ2n) is 7.50. The Bertz CT molecular complexity index is 1190. The Hall–Kier alpha value is -4.00. The van der Waals surface area contributed by atoms with Gasteiger partial charge < -0.3 is 10.1 Å². The number of rotatable bonds is 6. The van der Waals surface area contributed by atoms with Crippen LogP contribution in [-0.2, 0) is 9.59 Å². The van der Waals surface area contributed by atoms with E-state index in [9.17, 15) is 18.4 Å². The van der Waals surface area contributed by atoms with Crippen LogP contribution in [0.1, 0.15) is 19.4 Å². The lowest BCUT2D eigenvalue weighted by Crippen LogP contribution is -2.32. The van der Waals surface area contributed by atoms with Crippen molar-refractivity contribution in [1.82, 2.24) is 0 Å². The molecule has 2 amide bonds. The van der Waals surface area contributed by atoms with Crippen molar-refractivity contribution in [2.75, 3.05) is 10.2 Å². The molecule has 0 fully saturated rings. The number of imide groups is 1. The van der Waals surface area contributed by atoms with E-state index in [0.29, 0.717) is 17.0 Å². The summed E-state index contributed by atoms with van der Waals surface area (Å²) < 4.78 is 32.3. The van der Waals surface area contributed by atoms with Gasteiger partial charge in [0.05, 0.1) is 17.4 Å². The molecule has 0 saturated carbocycles. The summed E-state index contributed by atoms with van der Waals surface area (Å²) in [7, 11) is 0. The zero-order valence-electron chi connectivity index (χ0n) is 17.4. The normalized spacial score (nSPS) is 13.8. The van der Waals surface area contributed by atoms with E-state index in [1.807, 2.05) is 13.8 Å². The van der Waals surface area contributed by atoms with Gasteiger partial charge in [-0.1, -0.05) is 12.1 Å². The molecule has 1 heterocycles. The summed E-state index contributed by atoms with van der Waals surface area (Å²) in [4.78, 5) is 27.6. The van der Waals surface area contributed by atoms with Crippen LogP contribution >= 0.6 is 0 Å². The molecule has 4 rings (SSSR count). The molecule has 0 aliphatic carbocycles. The van der Waals surface area contributed by atoms with Gasteiger partial charge in [-0.2, -0.15) is 0 Å². The van der Waals surface area contributed by atoms with Crippen LogP contribution in [0.2, 0.25) is 0 Å². The number of nitrogens with zero attached hydrogens (tertiary/aromatic N) is 1. The molecule has 7 heteroatoms. The summed E-state index contributed by atoms with van der Waals surface area (Å²) in [6.07, 6.45) is -0.0144. The molecule has 0 unspecified atom stereocenters. The number of halogens is 2. The van der Waals surface area contributed by atoms with Gasteiger partial charge in [-0.05, 0) is 80.1 Å². The average Bonchev–Trinajstić information content (AvgIpc) is 3.00. The molecule has 1 N–H and O–H groups in total. The van der Waals surface area contributed by atoms with Crippen molar-refractivity contribution in [3.63, 3.8) is 0 Å². The fourth-order valence-electron chi connectivity index (χ4n) is 3.39. The minimum Gasteiger partial charge on any atom is -0.491 e. The lowest BCUT2D eigenvalue weighted by Gasteiger charge is -2.15. The molecule has 5 nitrogen and oxygen atoms in total. The van der Waals surface area contributed by atoms with Crippen molar-refractivity contribution in [2.24, 2.45) is 0 Å². The van der Waals surface area contributed by atoms with E-state index in [1.54, 1.807) is 24.3 Å². The Morgan fingerprint density at radius 1 is 0.781 bits per heavy atom. The topological polar surface area (TPSA) is 58.6 Å². The zero-order valence-corrected chi connectivity index (χ0v) is 17.4. The monoisotopic (exact) mass is 434 g/mol. The molecule has 3 aromatic rings. The minimum absolute atomic E-state index is 0.0144. The van der Waals surface area contributed by atoms with Crippen molar-refractivity contribution in [3.8, 4) is 5.75 Å². The second-order valence-corrected chi connectivity index (χ2v) is 7.50. The maximum atomic E-state index is 13.4. The largest absolute Gasteiger partial charge is 0.491 e. The van der Waals surface area contributed by atoms with Crippen LogP contribution in [0.3, 0.4) is 0 Å². The number of benzene rings is 3. The average molecular weight is 434 g/mol. The van der Waals surface area contributed by atoms with Gasteiger partial charge in [0.25, 0.3) is 11.8 Å². The highest BCUT2D eigenvalue weighted by Crippen LogP contribution is 2.34. The van der Waals surface area contributed by atoms with E-state index < -0.39 is 23.4 Å². The number of hydrogen-bond donors (Lipinski definition) is 1. The van der Waals surface area contributed by atoms with E-state index in [0.717, 1.165) is 4.90 Å². The predicted molar refractivity (Wildman–Crippen MR) is 118 cm³/mol. The van der Waals surface area contributed by atoms with E-state index in [-0.39, 0.29) is 23.1 Å². The Morgan fingerprint density at radius 2 is 1.34 bits per heavy atom. The quantitative estimate of drug-likeness (QED) is 0.546. The van der Waals surface area contributed by atoms with Crippen LogP contribution in [0.4, 0.5) is 20.2 Å². The highest BCUT2D eigenvalue weighted by molar-refractivity contribution is 6.46. The van der Waals surface area contributed by atoms with Gasteiger partial charge in [0, 0.05) is 5.69 Å². The maximum absolute atomic E-state index is 13.4. The fraction of sp³-hybridized carbons (Fsp3) is 0.120. The molecule has 1 aliphatic rings. The van der Waals surface area contributed by atoms with E-state index in [2.05, 4.69) is 5.32 Å². The van der Waals surface area contributed by atoms with Gasteiger partial charge in [0.1, 0.15) is 23.1 Å². The Kier molecular flexibility index (Phi) is 5.73. The Balaban J connectivity index is 1.76. The second kappa shape index (κ2) is 8.63. The summed E-state index contributed by atoms with van der Waals surface area (Å²) in [6.45, 7) is 3.81. The van der Waals surface area contributed by atoms with Gasteiger partial charge in [-0.25, -0.2) is 13.7 Å². The molecule has 0 spiro atoms. The van der Waals surface area contributed by atoms with E-state index in [4.69, 9.17) is 4.74 Å². The molecule has 0 saturated heterocycles. The number of ether oxygens (including phenoxy) is 1. The predicted octanol–water partition coefficient (Wildman–Crippen LogP) is 5.15. The first kappa shape index (κ1) is 21.2. The van der Waals surface area contributed by atoms with Gasteiger partial charge in [0.15, 0.2) is 0 Å². The zero-order chi connectivity index (χ0) is 22.8. The summed E-state index contributed by atoms with van der Waals surface area (Å²) in [5.74, 6) is -1.42. The minimum atomic E-state index is -0.594. The smallest absolute Gasteiger partial charge is 0.282 e. The van der Waals surface area contributed by atoms with Crippen LogP contribution in [-0.4, -0.2) is 17.9 Å². The molecule has 0 bridgehead atoms. The molecule has 0 atom stereocenters. The third-order valence-corrected chi connectivity index (χ3v) is 4.80. The number of anilines is 2. The van der Waals surface area contributed by atoms with Crippen LogP contribution < -0.4 is 15.0 Å². The molecule has 0 radical (unpaired) electrons.